The van der Waals surface area contributed by atoms with Gasteiger partial charge in [-0.05, 0) is 17.7 Å². The minimum absolute atomic E-state index is 0.126. The molecule has 0 bridgehead atoms. The standard InChI is InChI=1S/C24H18ClF2N3O/c25-20-12-22(27)21(26)11-19(20)24(31)28-13-18-15-30(14-16-7-3-1-4-8-16)29-23(18)17-9-5-2-6-10-17/h1-12,15H,13-14H2,(H,28,31). The maximum absolute atomic E-state index is 13.6. The first-order valence-electron chi connectivity index (χ1n) is 9.59. The zero-order valence-electron chi connectivity index (χ0n) is 16.4. The highest BCUT2D eigenvalue weighted by atomic mass is 35.5. The SMILES string of the molecule is O=C(NCc1cn(Cc2ccccc2)nc1-c1ccccc1)c1cc(F)c(F)cc1Cl. The second-order valence-electron chi connectivity index (χ2n) is 6.98. The zero-order valence-corrected chi connectivity index (χ0v) is 17.1. The summed E-state index contributed by atoms with van der Waals surface area (Å²) in [5.41, 5.74) is 3.39. The monoisotopic (exact) mass is 437 g/mol. The van der Waals surface area contributed by atoms with Crippen LogP contribution in [0.1, 0.15) is 21.5 Å². The first-order valence-corrected chi connectivity index (χ1v) is 9.97. The lowest BCUT2D eigenvalue weighted by Crippen LogP contribution is -2.23. The Hall–Kier alpha value is -3.51. The van der Waals surface area contributed by atoms with Gasteiger partial charge in [0.05, 0.1) is 22.8 Å². The number of rotatable bonds is 6. The van der Waals surface area contributed by atoms with Gasteiger partial charge in [0.2, 0.25) is 0 Å². The molecule has 0 radical (unpaired) electrons. The molecule has 4 aromatic rings. The third kappa shape index (κ3) is 4.81. The molecule has 0 saturated heterocycles. The number of halogens is 3. The summed E-state index contributed by atoms with van der Waals surface area (Å²) in [7, 11) is 0. The molecule has 7 heteroatoms. The van der Waals surface area contributed by atoms with E-state index in [0.29, 0.717) is 6.54 Å². The van der Waals surface area contributed by atoms with Crippen molar-refractivity contribution < 1.29 is 13.6 Å². The van der Waals surface area contributed by atoms with Crippen LogP contribution >= 0.6 is 11.6 Å². The highest BCUT2D eigenvalue weighted by Crippen LogP contribution is 2.23. The Bertz CT molecular complexity index is 1210. The van der Waals surface area contributed by atoms with Crippen molar-refractivity contribution in [1.29, 1.82) is 0 Å². The van der Waals surface area contributed by atoms with Crippen LogP contribution in [0.25, 0.3) is 11.3 Å². The molecule has 31 heavy (non-hydrogen) atoms. The molecule has 0 aliphatic rings. The van der Waals surface area contributed by atoms with Crippen molar-refractivity contribution in [2.75, 3.05) is 0 Å². The van der Waals surface area contributed by atoms with E-state index in [1.165, 1.54) is 0 Å². The van der Waals surface area contributed by atoms with Gasteiger partial charge in [-0.2, -0.15) is 5.10 Å². The number of nitrogens with zero attached hydrogens (tertiary/aromatic N) is 2. The first-order chi connectivity index (χ1) is 15.0. The summed E-state index contributed by atoms with van der Waals surface area (Å²) >= 11 is 5.92. The summed E-state index contributed by atoms with van der Waals surface area (Å²) in [4.78, 5) is 12.5. The van der Waals surface area contributed by atoms with Gasteiger partial charge >= 0.3 is 0 Å². The van der Waals surface area contributed by atoms with E-state index in [0.717, 1.165) is 34.5 Å². The predicted molar refractivity (Wildman–Crippen MR) is 116 cm³/mol. The van der Waals surface area contributed by atoms with Gasteiger partial charge < -0.3 is 5.32 Å². The van der Waals surface area contributed by atoms with Crippen molar-refractivity contribution in [2.45, 2.75) is 13.1 Å². The lowest BCUT2D eigenvalue weighted by atomic mass is 10.1. The summed E-state index contributed by atoms with van der Waals surface area (Å²) in [5.74, 6) is -2.83. The molecular weight excluding hydrogens is 420 g/mol. The molecule has 1 amide bonds. The van der Waals surface area contributed by atoms with Crippen molar-refractivity contribution in [3.05, 3.63) is 112 Å². The molecule has 0 aliphatic carbocycles. The highest BCUT2D eigenvalue weighted by molar-refractivity contribution is 6.33. The van der Waals surface area contributed by atoms with E-state index in [1.807, 2.05) is 71.5 Å². The molecule has 0 aliphatic heterocycles. The second kappa shape index (κ2) is 9.10. The van der Waals surface area contributed by atoms with Crippen LogP contribution < -0.4 is 5.32 Å². The Kier molecular flexibility index (Phi) is 6.09. The Morgan fingerprint density at radius 1 is 0.968 bits per heavy atom. The van der Waals surface area contributed by atoms with Crippen LogP contribution in [0.4, 0.5) is 8.78 Å². The molecule has 1 N–H and O–H groups in total. The Morgan fingerprint density at radius 3 is 2.32 bits per heavy atom. The van der Waals surface area contributed by atoms with Crippen molar-refractivity contribution in [1.82, 2.24) is 15.1 Å². The van der Waals surface area contributed by atoms with Gasteiger partial charge in [0.1, 0.15) is 0 Å². The van der Waals surface area contributed by atoms with Crippen LogP contribution in [0, 0.1) is 11.6 Å². The van der Waals surface area contributed by atoms with Crippen molar-refractivity contribution in [3.8, 4) is 11.3 Å². The second-order valence-corrected chi connectivity index (χ2v) is 7.39. The van der Waals surface area contributed by atoms with E-state index in [4.69, 9.17) is 16.7 Å². The average molecular weight is 438 g/mol. The lowest BCUT2D eigenvalue weighted by Gasteiger charge is -2.08. The molecule has 0 fully saturated rings. The van der Waals surface area contributed by atoms with Crippen LogP contribution in [0.2, 0.25) is 5.02 Å². The van der Waals surface area contributed by atoms with Crippen LogP contribution in [-0.4, -0.2) is 15.7 Å². The quantitative estimate of drug-likeness (QED) is 0.407. The van der Waals surface area contributed by atoms with Crippen molar-refractivity contribution in [2.24, 2.45) is 0 Å². The lowest BCUT2D eigenvalue weighted by molar-refractivity contribution is 0.0950. The molecule has 3 aromatic carbocycles. The minimum atomic E-state index is -1.13. The van der Waals surface area contributed by atoms with Gasteiger partial charge in [-0.1, -0.05) is 72.3 Å². The van der Waals surface area contributed by atoms with Gasteiger partial charge in [-0.25, -0.2) is 8.78 Å². The van der Waals surface area contributed by atoms with Gasteiger partial charge in [0, 0.05) is 23.9 Å². The first kappa shape index (κ1) is 20.8. The van der Waals surface area contributed by atoms with Crippen LogP contribution in [-0.2, 0) is 13.1 Å². The predicted octanol–water partition coefficient (Wildman–Crippen LogP) is 5.46. The number of carbonyl (C=O) groups is 1. The Morgan fingerprint density at radius 2 is 1.61 bits per heavy atom. The normalized spacial score (nSPS) is 10.8. The molecule has 156 valence electrons. The highest BCUT2D eigenvalue weighted by Gasteiger charge is 2.17. The maximum Gasteiger partial charge on any atom is 0.253 e. The summed E-state index contributed by atoms with van der Waals surface area (Å²) < 4.78 is 28.7. The molecule has 1 heterocycles. The average Bonchev–Trinajstić information content (AvgIpc) is 3.18. The molecule has 0 atom stereocenters. The fourth-order valence-corrected chi connectivity index (χ4v) is 3.49. The molecule has 0 spiro atoms. The molecule has 4 rings (SSSR count). The van der Waals surface area contributed by atoms with Gasteiger partial charge in [-0.15, -0.1) is 0 Å². The Labute approximate surface area is 183 Å². The summed E-state index contributed by atoms with van der Waals surface area (Å²) in [6, 6.07) is 21.1. The molecule has 0 unspecified atom stereocenters. The maximum atomic E-state index is 13.6. The third-order valence-corrected chi connectivity index (χ3v) is 5.08. The van der Waals surface area contributed by atoms with E-state index in [9.17, 15) is 13.6 Å². The number of aromatic nitrogens is 2. The van der Waals surface area contributed by atoms with Crippen LogP contribution in [0.3, 0.4) is 0 Å². The van der Waals surface area contributed by atoms with E-state index >= 15 is 0 Å². The summed E-state index contributed by atoms with van der Waals surface area (Å²) in [6.07, 6.45) is 1.86. The number of amides is 1. The fraction of sp³-hybridized carbons (Fsp3) is 0.0833. The number of carbonyl (C=O) groups excluding carboxylic acids is 1. The van der Waals surface area contributed by atoms with E-state index in [2.05, 4.69) is 5.32 Å². The number of hydrogen-bond acceptors (Lipinski definition) is 2. The summed E-state index contributed by atoms with van der Waals surface area (Å²) in [6.45, 7) is 0.719. The van der Waals surface area contributed by atoms with Crippen LogP contribution in [0.5, 0.6) is 0 Å². The van der Waals surface area contributed by atoms with Crippen molar-refractivity contribution >= 4 is 17.5 Å². The molecule has 4 nitrogen and oxygen atoms in total. The molecular formula is C24H18ClF2N3O. The number of nitrogens with one attached hydrogen (secondary N) is 1. The number of benzene rings is 3. The van der Waals surface area contributed by atoms with E-state index in [1.54, 1.807) is 0 Å². The smallest absolute Gasteiger partial charge is 0.253 e. The van der Waals surface area contributed by atoms with Crippen LogP contribution in [0.15, 0.2) is 79.0 Å². The van der Waals surface area contributed by atoms with Gasteiger partial charge in [0.25, 0.3) is 5.91 Å². The minimum Gasteiger partial charge on any atom is -0.348 e. The third-order valence-electron chi connectivity index (χ3n) is 4.77. The van der Waals surface area contributed by atoms with Gasteiger partial charge in [-0.3, -0.25) is 9.48 Å². The summed E-state index contributed by atoms with van der Waals surface area (Å²) in [5, 5.41) is 7.27. The molecule has 1 aromatic heterocycles. The Balaban J connectivity index is 1.59. The topological polar surface area (TPSA) is 46.9 Å². The molecule has 0 saturated carbocycles. The van der Waals surface area contributed by atoms with E-state index < -0.39 is 17.5 Å². The number of hydrogen-bond donors (Lipinski definition) is 1. The largest absolute Gasteiger partial charge is 0.348 e. The van der Waals surface area contributed by atoms with Crippen molar-refractivity contribution in [3.63, 3.8) is 0 Å². The van der Waals surface area contributed by atoms with E-state index in [-0.39, 0.29) is 17.1 Å². The fourth-order valence-electron chi connectivity index (χ4n) is 3.25. The zero-order chi connectivity index (χ0) is 21.8. The van der Waals surface area contributed by atoms with Gasteiger partial charge in [0.15, 0.2) is 11.6 Å².